The van der Waals surface area contributed by atoms with Crippen LogP contribution in [-0.2, 0) is 14.8 Å². The summed E-state index contributed by atoms with van der Waals surface area (Å²) < 4.78 is 30.2. The zero-order chi connectivity index (χ0) is 20.6. The lowest BCUT2D eigenvalue weighted by molar-refractivity contribution is -0.124. The van der Waals surface area contributed by atoms with Gasteiger partial charge >= 0.3 is 0 Å². The van der Waals surface area contributed by atoms with Gasteiger partial charge in [-0.15, -0.1) is 0 Å². The number of amides is 2. The maximum absolute atomic E-state index is 12.2. The number of hydrogen-bond acceptors (Lipinski definition) is 5. The largest absolute Gasteiger partial charge is 0.494 e. The minimum atomic E-state index is -3.46. The molecule has 2 rings (SSSR count). The lowest BCUT2D eigenvalue weighted by atomic mass is 10.2. The summed E-state index contributed by atoms with van der Waals surface area (Å²) in [6.07, 6.45) is 6.61. The summed E-state index contributed by atoms with van der Waals surface area (Å²) in [4.78, 5) is 24.4. The van der Waals surface area contributed by atoms with Crippen molar-refractivity contribution in [1.29, 1.82) is 0 Å². The van der Waals surface area contributed by atoms with Crippen molar-refractivity contribution in [3.05, 3.63) is 29.8 Å². The zero-order valence-electron chi connectivity index (χ0n) is 16.4. The van der Waals surface area contributed by atoms with E-state index in [1.807, 2.05) is 0 Å². The summed E-state index contributed by atoms with van der Waals surface area (Å²) in [5, 5.41) is 0. The number of hydrazine groups is 1. The van der Waals surface area contributed by atoms with Crippen LogP contribution in [0.2, 0.25) is 0 Å². The van der Waals surface area contributed by atoms with Crippen molar-refractivity contribution < 1.29 is 22.7 Å². The normalized spacial score (nSPS) is 17.3. The Morgan fingerprint density at radius 2 is 1.86 bits per heavy atom. The van der Waals surface area contributed by atoms with Crippen LogP contribution in [0.3, 0.4) is 0 Å². The predicted molar refractivity (Wildman–Crippen MR) is 106 cm³/mol. The van der Waals surface area contributed by atoms with Crippen molar-refractivity contribution in [2.24, 2.45) is 0 Å². The number of carbonyl (C=O) groups excluding carboxylic acids is 2. The Hall–Kier alpha value is -2.13. The summed E-state index contributed by atoms with van der Waals surface area (Å²) in [6, 6.07) is 5.85. The Bertz CT molecular complexity index is 764. The van der Waals surface area contributed by atoms with Gasteiger partial charge in [0, 0.05) is 12.1 Å². The molecule has 8 nitrogen and oxygen atoms in total. The van der Waals surface area contributed by atoms with Crippen LogP contribution >= 0.6 is 0 Å². The van der Waals surface area contributed by atoms with E-state index in [-0.39, 0.29) is 0 Å². The number of benzene rings is 1. The van der Waals surface area contributed by atoms with Crippen molar-refractivity contribution in [1.82, 2.24) is 15.2 Å². The first-order valence-corrected chi connectivity index (χ1v) is 11.5. The van der Waals surface area contributed by atoms with Crippen LogP contribution in [0.5, 0.6) is 5.75 Å². The van der Waals surface area contributed by atoms with Crippen LogP contribution in [0, 0.1) is 0 Å². The number of nitrogens with one attached hydrogen (secondary N) is 2. The lowest BCUT2D eigenvalue weighted by Gasteiger charge is -2.21. The molecule has 2 amide bonds. The summed E-state index contributed by atoms with van der Waals surface area (Å²) in [5.74, 6) is -0.332. The number of nitrogens with zero attached hydrogens (tertiary/aromatic N) is 1. The van der Waals surface area contributed by atoms with E-state index in [1.54, 1.807) is 24.3 Å². The van der Waals surface area contributed by atoms with Gasteiger partial charge in [0.1, 0.15) is 11.8 Å². The molecule has 0 saturated carbocycles. The van der Waals surface area contributed by atoms with Gasteiger partial charge in [-0.2, -0.15) is 4.31 Å². The Morgan fingerprint density at radius 1 is 1.14 bits per heavy atom. The van der Waals surface area contributed by atoms with Crippen molar-refractivity contribution in [3.63, 3.8) is 0 Å². The first kappa shape index (κ1) is 22.2. The zero-order valence-corrected chi connectivity index (χ0v) is 17.3. The van der Waals surface area contributed by atoms with E-state index < -0.39 is 27.9 Å². The molecule has 1 aromatic carbocycles. The topological polar surface area (TPSA) is 105 Å². The standard InChI is InChI=1S/C19H29N3O5S/c1-3-4-5-6-14-27-16-11-9-15(10-12-16)18(23)20-21-19(24)17-8-7-13-22(17)28(2,25)26/h9-12,17H,3-8,13-14H2,1-2H3,(H,20,23)(H,21,24). The van der Waals surface area contributed by atoms with Crippen LogP contribution in [-0.4, -0.2) is 50.0 Å². The molecular formula is C19H29N3O5S. The Morgan fingerprint density at radius 3 is 2.50 bits per heavy atom. The van der Waals surface area contributed by atoms with E-state index in [0.29, 0.717) is 37.3 Å². The van der Waals surface area contributed by atoms with Gasteiger partial charge < -0.3 is 4.74 Å². The number of ether oxygens (including phenoxy) is 1. The quantitative estimate of drug-likeness (QED) is 0.476. The molecule has 1 aromatic rings. The highest BCUT2D eigenvalue weighted by Crippen LogP contribution is 2.20. The van der Waals surface area contributed by atoms with E-state index in [4.69, 9.17) is 4.74 Å². The average molecular weight is 412 g/mol. The first-order chi connectivity index (χ1) is 13.3. The molecule has 28 heavy (non-hydrogen) atoms. The minimum Gasteiger partial charge on any atom is -0.494 e. The maximum atomic E-state index is 12.2. The maximum Gasteiger partial charge on any atom is 0.269 e. The van der Waals surface area contributed by atoms with E-state index in [9.17, 15) is 18.0 Å². The van der Waals surface area contributed by atoms with Crippen LogP contribution in [0.4, 0.5) is 0 Å². The summed E-state index contributed by atoms with van der Waals surface area (Å²) >= 11 is 0. The molecule has 0 spiro atoms. The highest BCUT2D eigenvalue weighted by Gasteiger charge is 2.36. The van der Waals surface area contributed by atoms with Crippen LogP contribution in [0.1, 0.15) is 55.8 Å². The second kappa shape index (κ2) is 10.4. The summed E-state index contributed by atoms with van der Waals surface area (Å²) in [6.45, 7) is 3.10. The highest BCUT2D eigenvalue weighted by atomic mass is 32.2. The third-order valence-electron chi connectivity index (χ3n) is 4.61. The molecule has 0 aromatic heterocycles. The fraction of sp³-hybridized carbons (Fsp3) is 0.579. The molecule has 2 N–H and O–H groups in total. The Kier molecular flexibility index (Phi) is 8.25. The molecular weight excluding hydrogens is 382 g/mol. The van der Waals surface area contributed by atoms with Crippen molar-refractivity contribution in [2.45, 2.75) is 51.5 Å². The molecule has 9 heteroatoms. The van der Waals surface area contributed by atoms with Crippen molar-refractivity contribution in [3.8, 4) is 5.75 Å². The number of hydrogen-bond donors (Lipinski definition) is 2. The summed E-state index contributed by atoms with van der Waals surface area (Å²) in [5.41, 5.74) is 5.02. The monoisotopic (exact) mass is 411 g/mol. The molecule has 1 aliphatic rings. The number of sulfonamides is 1. The third-order valence-corrected chi connectivity index (χ3v) is 5.90. The fourth-order valence-electron chi connectivity index (χ4n) is 3.09. The second-order valence-corrected chi connectivity index (χ2v) is 8.84. The molecule has 0 bridgehead atoms. The molecule has 0 radical (unpaired) electrons. The van der Waals surface area contributed by atoms with Gasteiger partial charge in [-0.1, -0.05) is 26.2 Å². The SMILES string of the molecule is CCCCCCOc1ccc(C(=O)NNC(=O)C2CCCN2S(C)(=O)=O)cc1. The van der Waals surface area contributed by atoms with Crippen molar-refractivity contribution >= 4 is 21.8 Å². The number of rotatable bonds is 9. The fourth-order valence-corrected chi connectivity index (χ4v) is 4.22. The predicted octanol–water partition coefficient (Wildman–Crippen LogP) is 1.83. The Labute approximate surface area is 166 Å². The van der Waals surface area contributed by atoms with Crippen LogP contribution < -0.4 is 15.6 Å². The molecule has 156 valence electrons. The highest BCUT2D eigenvalue weighted by molar-refractivity contribution is 7.88. The molecule has 1 heterocycles. The average Bonchev–Trinajstić information content (AvgIpc) is 3.17. The van der Waals surface area contributed by atoms with E-state index in [1.165, 1.54) is 12.8 Å². The molecule has 1 unspecified atom stereocenters. The Balaban J connectivity index is 1.80. The van der Waals surface area contributed by atoms with Gasteiger partial charge in [-0.25, -0.2) is 8.42 Å². The summed E-state index contributed by atoms with van der Waals surface area (Å²) in [7, 11) is -3.46. The van der Waals surface area contributed by atoms with Gasteiger partial charge in [-0.05, 0) is 43.5 Å². The van der Waals surface area contributed by atoms with Gasteiger partial charge in [0.25, 0.3) is 11.8 Å². The van der Waals surface area contributed by atoms with Crippen LogP contribution in [0.15, 0.2) is 24.3 Å². The minimum absolute atomic E-state index is 0.310. The van der Waals surface area contributed by atoms with Gasteiger partial charge in [-0.3, -0.25) is 20.4 Å². The number of carbonyl (C=O) groups is 2. The van der Waals surface area contributed by atoms with E-state index in [2.05, 4.69) is 17.8 Å². The second-order valence-electron chi connectivity index (χ2n) is 6.91. The van der Waals surface area contributed by atoms with Gasteiger partial charge in [0.2, 0.25) is 10.0 Å². The van der Waals surface area contributed by atoms with Crippen LogP contribution in [0.25, 0.3) is 0 Å². The lowest BCUT2D eigenvalue weighted by Crippen LogP contribution is -2.51. The van der Waals surface area contributed by atoms with Gasteiger partial charge in [0.05, 0.1) is 12.9 Å². The third kappa shape index (κ3) is 6.49. The molecule has 1 saturated heterocycles. The molecule has 1 aliphatic heterocycles. The number of unbranched alkanes of at least 4 members (excludes halogenated alkanes) is 3. The van der Waals surface area contributed by atoms with Gasteiger partial charge in [0.15, 0.2) is 0 Å². The molecule has 1 atom stereocenters. The smallest absolute Gasteiger partial charge is 0.269 e. The molecule has 1 fully saturated rings. The van der Waals surface area contributed by atoms with E-state index >= 15 is 0 Å². The first-order valence-electron chi connectivity index (χ1n) is 9.63. The van der Waals surface area contributed by atoms with E-state index in [0.717, 1.165) is 23.4 Å². The van der Waals surface area contributed by atoms with Crippen molar-refractivity contribution in [2.75, 3.05) is 19.4 Å². The molecule has 0 aliphatic carbocycles.